The van der Waals surface area contributed by atoms with Crippen LogP contribution in [0.3, 0.4) is 0 Å². The maximum absolute atomic E-state index is 11.0. The van der Waals surface area contributed by atoms with Crippen molar-refractivity contribution in [1.82, 2.24) is 5.27 Å². The van der Waals surface area contributed by atoms with Crippen LogP contribution in [-0.2, 0) is 0 Å². The fraction of sp³-hybridized carbons (Fsp3) is 0.0588. The first-order chi connectivity index (χ1) is 11.6. The van der Waals surface area contributed by atoms with Gasteiger partial charge in [0, 0.05) is 12.1 Å². The van der Waals surface area contributed by atoms with Crippen LogP contribution in [0.5, 0.6) is 5.75 Å². The van der Waals surface area contributed by atoms with Crippen LogP contribution in [0.4, 0.5) is 0 Å². The summed E-state index contributed by atoms with van der Waals surface area (Å²) in [7, 11) is 0. The Morgan fingerprint density at radius 1 is 1.17 bits per heavy atom. The Labute approximate surface area is 137 Å². The van der Waals surface area contributed by atoms with Crippen molar-refractivity contribution < 1.29 is 14.3 Å². The van der Waals surface area contributed by atoms with E-state index >= 15 is 0 Å². The van der Waals surface area contributed by atoms with Crippen molar-refractivity contribution in [3.05, 3.63) is 76.3 Å². The van der Waals surface area contributed by atoms with Crippen molar-refractivity contribution in [2.45, 2.75) is 6.92 Å². The zero-order valence-corrected chi connectivity index (χ0v) is 12.8. The lowest BCUT2D eigenvalue weighted by atomic mass is 10.1. The van der Waals surface area contributed by atoms with Crippen LogP contribution in [0.15, 0.2) is 74.2 Å². The molecule has 0 aliphatic rings. The normalized spacial score (nSPS) is 12.0. The van der Waals surface area contributed by atoms with E-state index in [4.69, 9.17) is 0 Å². The molecular weight excluding hydrogens is 308 g/mol. The summed E-state index contributed by atoms with van der Waals surface area (Å²) in [5.74, 6) is -0.0382. The van der Waals surface area contributed by atoms with Gasteiger partial charge in [-0.25, -0.2) is 4.79 Å². The minimum atomic E-state index is -0.448. The molecule has 1 heterocycles. The molecule has 7 heteroatoms. The highest BCUT2D eigenvalue weighted by atomic mass is 16.5. The molecule has 7 nitrogen and oxygen atoms in total. The van der Waals surface area contributed by atoms with Gasteiger partial charge in [0.05, 0.1) is 11.9 Å². The third-order valence-electron chi connectivity index (χ3n) is 3.34. The Morgan fingerprint density at radius 2 is 1.88 bits per heavy atom. The third-order valence-corrected chi connectivity index (χ3v) is 3.34. The van der Waals surface area contributed by atoms with Crippen molar-refractivity contribution in [3.8, 4) is 11.4 Å². The van der Waals surface area contributed by atoms with E-state index in [1.54, 1.807) is 18.3 Å². The van der Waals surface area contributed by atoms with Gasteiger partial charge in [-0.3, -0.25) is 4.52 Å². The lowest BCUT2D eigenvalue weighted by Crippen LogP contribution is -2.32. The molecule has 0 bridgehead atoms. The van der Waals surface area contributed by atoms with Gasteiger partial charge in [-0.15, -0.1) is 5.75 Å². The maximum Gasteiger partial charge on any atom is 0.427 e. The zero-order valence-electron chi connectivity index (χ0n) is 12.8. The van der Waals surface area contributed by atoms with Gasteiger partial charge in [0.1, 0.15) is 0 Å². The first-order valence-electron chi connectivity index (χ1n) is 7.17. The van der Waals surface area contributed by atoms with Gasteiger partial charge in [0.25, 0.3) is 6.20 Å². The number of rotatable bonds is 4. The number of aromatic amines is 1. The van der Waals surface area contributed by atoms with Gasteiger partial charge < -0.3 is 5.11 Å². The van der Waals surface area contributed by atoms with E-state index in [0.29, 0.717) is 0 Å². The molecule has 0 aliphatic heterocycles. The van der Waals surface area contributed by atoms with Crippen LogP contribution in [0.25, 0.3) is 5.69 Å². The molecule has 3 aromatic rings. The summed E-state index contributed by atoms with van der Waals surface area (Å²) < 4.78 is 6.10. The molecule has 0 saturated heterocycles. The minimum Gasteiger partial charge on any atom is -0.872 e. The highest BCUT2D eigenvalue weighted by Gasteiger charge is 2.10. The molecular formula is C17H14N4O3. The van der Waals surface area contributed by atoms with E-state index in [-0.39, 0.29) is 5.75 Å². The monoisotopic (exact) mass is 322 g/mol. The van der Waals surface area contributed by atoms with Crippen LogP contribution in [0.2, 0.25) is 0 Å². The Morgan fingerprint density at radius 3 is 2.50 bits per heavy atom. The summed E-state index contributed by atoms with van der Waals surface area (Å²) in [6.45, 7) is 1.85. The van der Waals surface area contributed by atoms with Gasteiger partial charge in [0.15, 0.2) is 0 Å². The molecule has 3 rings (SSSR count). The molecule has 0 atom stereocenters. The fourth-order valence-electron chi connectivity index (χ4n) is 2.04. The van der Waals surface area contributed by atoms with Gasteiger partial charge in [0.2, 0.25) is 5.69 Å². The predicted octanol–water partition coefficient (Wildman–Crippen LogP) is 1.16. The smallest absolute Gasteiger partial charge is 0.427 e. The Bertz CT molecular complexity index is 935. The highest BCUT2D eigenvalue weighted by molar-refractivity contribution is 5.99. The van der Waals surface area contributed by atoms with Gasteiger partial charge >= 0.3 is 5.63 Å². The Hall–Kier alpha value is -3.48. The quantitative estimate of drug-likeness (QED) is 0.443. The molecule has 1 N–H and O–H groups in total. The number of nitrogens with one attached hydrogen (secondary N) is 1. The van der Waals surface area contributed by atoms with E-state index < -0.39 is 5.63 Å². The van der Waals surface area contributed by atoms with Crippen molar-refractivity contribution in [2.24, 2.45) is 10.2 Å². The summed E-state index contributed by atoms with van der Waals surface area (Å²) in [5, 5.41) is 21.7. The Kier molecular flexibility index (Phi) is 4.33. The lowest BCUT2D eigenvalue weighted by molar-refractivity contribution is -0.670. The maximum atomic E-state index is 11.0. The molecule has 0 spiro atoms. The number of H-pyrrole nitrogens is 1. The molecule has 0 radical (unpaired) electrons. The van der Waals surface area contributed by atoms with Crippen LogP contribution in [0.1, 0.15) is 18.1 Å². The van der Waals surface area contributed by atoms with E-state index in [2.05, 4.69) is 20.0 Å². The molecule has 0 fully saturated rings. The molecule has 1 aromatic heterocycles. The zero-order chi connectivity index (χ0) is 16.9. The second kappa shape index (κ2) is 6.74. The van der Waals surface area contributed by atoms with Crippen LogP contribution >= 0.6 is 0 Å². The van der Waals surface area contributed by atoms with E-state index in [9.17, 15) is 9.90 Å². The molecule has 24 heavy (non-hydrogen) atoms. The van der Waals surface area contributed by atoms with Crippen LogP contribution in [-0.4, -0.2) is 17.2 Å². The number of aromatic nitrogens is 2. The fourth-order valence-corrected chi connectivity index (χ4v) is 2.04. The second-order valence-electron chi connectivity index (χ2n) is 5.06. The van der Waals surface area contributed by atoms with Crippen LogP contribution in [0, 0.1) is 0 Å². The Balaban J connectivity index is 1.73. The summed E-state index contributed by atoms with van der Waals surface area (Å²) in [6, 6.07) is 13.7. The highest BCUT2D eigenvalue weighted by Crippen LogP contribution is 2.07. The van der Waals surface area contributed by atoms with E-state index in [0.717, 1.165) is 22.5 Å². The lowest BCUT2D eigenvalue weighted by Gasteiger charge is -2.02. The van der Waals surface area contributed by atoms with Gasteiger partial charge in [-0.2, -0.15) is 10.2 Å². The molecule has 2 aromatic carbocycles. The van der Waals surface area contributed by atoms with Crippen molar-refractivity contribution >= 4 is 11.9 Å². The average Bonchev–Trinajstić information content (AvgIpc) is 3.03. The van der Waals surface area contributed by atoms with E-state index in [1.807, 2.05) is 31.2 Å². The SMILES string of the molecule is C/C(=N\N=C\c1ccc([O-])cc1)c1ccc(-[n+]2cc(=O)o[nH]2)cc1. The van der Waals surface area contributed by atoms with Crippen molar-refractivity contribution in [2.75, 3.05) is 0 Å². The number of nitrogens with zero attached hydrogens (tertiary/aromatic N) is 3. The van der Waals surface area contributed by atoms with Gasteiger partial charge in [-0.1, -0.05) is 24.3 Å². The van der Waals surface area contributed by atoms with E-state index in [1.165, 1.54) is 23.0 Å². The second-order valence-corrected chi connectivity index (χ2v) is 5.06. The average molecular weight is 322 g/mol. The third kappa shape index (κ3) is 3.64. The number of hydrogen-bond donors (Lipinski definition) is 1. The minimum absolute atomic E-state index is 0.0382. The number of benzene rings is 2. The molecule has 0 saturated carbocycles. The first kappa shape index (κ1) is 15.4. The largest absolute Gasteiger partial charge is 0.872 e. The topological polar surface area (TPSA) is 97.7 Å². The van der Waals surface area contributed by atoms with Crippen LogP contribution < -0.4 is 15.4 Å². The summed E-state index contributed by atoms with van der Waals surface area (Å²) >= 11 is 0. The summed E-state index contributed by atoms with van der Waals surface area (Å²) in [4.78, 5) is 11.0. The predicted molar refractivity (Wildman–Crippen MR) is 86.6 cm³/mol. The van der Waals surface area contributed by atoms with Gasteiger partial charge in [-0.05, 0) is 40.1 Å². The molecule has 0 unspecified atom stereocenters. The van der Waals surface area contributed by atoms with Crippen molar-refractivity contribution in [3.63, 3.8) is 0 Å². The summed E-state index contributed by atoms with van der Waals surface area (Å²) in [6.07, 6.45) is 2.90. The standard InChI is InChI=1S/C17H14N4O3/c1-12(19-18-10-13-2-8-16(22)9-3-13)14-4-6-15(7-5-14)21-11-17(23)24-20-21/h2-11H,1H3,(H-,18,20,22,23). The number of hydrogen-bond acceptors (Lipinski definition) is 5. The van der Waals surface area contributed by atoms with Crippen molar-refractivity contribution in [1.29, 1.82) is 0 Å². The summed E-state index contributed by atoms with van der Waals surface area (Å²) in [5.41, 5.74) is 2.76. The first-order valence-corrected chi connectivity index (χ1v) is 7.17. The molecule has 120 valence electrons. The molecule has 0 amide bonds. The molecule has 0 aliphatic carbocycles.